The predicted molar refractivity (Wildman–Crippen MR) is 69.9 cm³/mol. The van der Waals surface area contributed by atoms with Crippen molar-refractivity contribution in [1.29, 1.82) is 5.26 Å². The Morgan fingerprint density at radius 1 is 1.29 bits per heavy atom. The Morgan fingerprint density at radius 3 is 2.65 bits per heavy atom. The fraction of sp³-hybridized carbons (Fsp3) is 0.333. The molecule has 0 atom stereocenters. The third-order valence-corrected chi connectivity index (χ3v) is 3.01. The van der Waals surface area contributed by atoms with Gasteiger partial charge in [-0.1, -0.05) is 26.8 Å². The molecule has 2 nitrogen and oxygen atoms in total. The highest BCUT2D eigenvalue weighted by Crippen LogP contribution is 2.23. The molecule has 0 saturated carbocycles. The van der Waals surface area contributed by atoms with E-state index in [0.717, 1.165) is 28.6 Å². The van der Waals surface area contributed by atoms with Crippen LogP contribution in [0.4, 0.5) is 0 Å². The Bertz CT molecular complexity index is 592. The lowest BCUT2D eigenvalue weighted by molar-refractivity contribution is 0.829. The van der Waals surface area contributed by atoms with Crippen LogP contribution in [0.2, 0.25) is 0 Å². The second-order valence-electron chi connectivity index (χ2n) is 4.57. The van der Waals surface area contributed by atoms with Crippen molar-refractivity contribution in [1.82, 2.24) is 4.98 Å². The van der Waals surface area contributed by atoms with Gasteiger partial charge in [0.1, 0.15) is 0 Å². The Kier molecular flexibility index (Phi) is 3.10. The minimum atomic E-state index is 0.345. The largest absolute Gasteiger partial charge is 0.252 e. The molecule has 0 spiro atoms. The molecule has 2 rings (SSSR count). The van der Waals surface area contributed by atoms with Crippen LogP contribution in [0.3, 0.4) is 0 Å². The van der Waals surface area contributed by atoms with Crippen LogP contribution >= 0.6 is 0 Å². The van der Waals surface area contributed by atoms with Crippen LogP contribution in [0, 0.1) is 11.3 Å². The van der Waals surface area contributed by atoms with Gasteiger partial charge in [0, 0.05) is 11.1 Å². The molecule has 0 aliphatic heterocycles. The number of rotatable bonds is 2. The van der Waals surface area contributed by atoms with Crippen LogP contribution in [-0.4, -0.2) is 4.98 Å². The maximum Gasteiger partial charge on any atom is 0.0999 e. The quantitative estimate of drug-likeness (QED) is 0.778. The first-order valence-corrected chi connectivity index (χ1v) is 5.99. The molecule has 17 heavy (non-hydrogen) atoms. The number of aryl methyl sites for hydroxylation is 1. The van der Waals surface area contributed by atoms with Gasteiger partial charge in [0.15, 0.2) is 0 Å². The van der Waals surface area contributed by atoms with Gasteiger partial charge in [0.05, 0.1) is 17.1 Å². The molecular weight excluding hydrogens is 208 g/mol. The van der Waals surface area contributed by atoms with E-state index < -0.39 is 0 Å². The van der Waals surface area contributed by atoms with Gasteiger partial charge in [-0.05, 0) is 36.1 Å². The molecular formula is C15H16N2. The van der Waals surface area contributed by atoms with Gasteiger partial charge in [0.2, 0.25) is 0 Å². The lowest BCUT2D eigenvalue weighted by Gasteiger charge is -2.08. The first kappa shape index (κ1) is 11.6. The van der Waals surface area contributed by atoms with Crippen molar-refractivity contribution < 1.29 is 0 Å². The number of hydrogen-bond acceptors (Lipinski definition) is 2. The number of hydrogen-bond donors (Lipinski definition) is 0. The zero-order chi connectivity index (χ0) is 12.4. The molecule has 1 aromatic heterocycles. The Hall–Kier alpha value is -1.88. The summed E-state index contributed by atoms with van der Waals surface area (Å²) in [4.78, 5) is 4.61. The normalized spacial score (nSPS) is 10.8. The lowest BCUT2D eigenvalue weighted by Crippen LogP contribution is -1.96. The van der Waals surface area contributed by atoms with Gasteiger partial charge in [0.25, 0.3) is 0 Å². The molecule has 0 unspecified atom stereocenters. The molecule has 2 aromatic rings. The maximum absolute atomic E-state index is 9.23. The van der Waals surface area contributed by atoms with Crippen molar-refractivity contribution in [3.05, 3.63) is 41.1 Å². The Balaban J connectivity index is 2.74. The lowest BCUT2D eigenvalue weighted by atomic mass is 10.0. The van der Waals surface area contributed by atoms with Crippen LogP contribution in [-0.2, 0) is 6.42 Å². The fourth-order valence-corrected chi connectivity index (χ4v) is 1.90. The first-order valence-electron chi connectivity index (χ1n) is 5.99. The van der Waals surface area contributed by atoms with E-state index in [0.29, 0.717) is 5.92 Å². The van der Waals surface area contributed by atoms with Gasteiger partial charge in [-0.2, -0.15) is 5.26 Å². The summed E-state index contributed by atoms with van der Waals surface area (Å²) in [6, 6.07) is 10.4. The zero-order valence-corrected chi connectivity index (χ0v) is 10.5. The first-order chi connectivity index (χ1) is 8.15. The van der Waals surface area contributed by atoms with Crippen LogP contribution in [0.15, 0.2) is 24.3 Å². The fourth-order valence-electron chi connectivity index (χ4n) is 1.90. The van der Waals surface area contributed by atoms with Crippen molar-refractivity contribution in [2.75, 3.05) is 0 Å². The average molecular weight is 224 g/mol. The summed E-state index contributed by atoms with van der Waals surface area (Å²) in [6.07, 6.45) is 0.979. The van der Waals surface area contributed by atoms with Crippen molar-refractivity contribution >= 4 is 10.9 Å². The zero-order valence-electron chi connectivity index (χ0n) is 10.5. The number of pyridine rings is 1. The van der Waals surface area contributed by atoms with E-state index in [-0.39, 0.29) is 0 Å². The summed E-state index contributed by atoms with van der Waals surface area (Å²) in [7, 11) is 0. The van der Waals surface area contributed by atoms with Gasteiger partial charge in [-0.3, -0.25) is 4.98 Å². The van der Waals surface area contributed by atoms with E-state index >= 15 is 0 Å². The second kappa shape index (κ2) is 4.55. The highest BCUT2D eigenvalue weighted by molar-refractivity contribution is 5.85. The van der Waals surface area contributed by atoms with Crippen LogP contribution < -0.4 is 0 Å². The van der Waals surface area contributed by atoms with Gasteiger partial charge >= 0.3 is 0 Å². The van der Waals surface area contributed by atoms with E-state index in [4.69, 9.17) is 0 Å². The molecule has 0 fully saturated rings. The smallest absolute Gasteiger partial charge is 0.0999 e. The molecule has 0 saturated heterocycles. The number of fused-ring (bicyclic) bond motifs is 1. The van der Waals surface area contributed by atoms with Crippen molar-refractivity contribution in [3.63, 3.8) is 0 Å². The summed E-state index contributed by atoms with van der Waals surface area (Å²) in [5.74, 6) is 0.345. The summed E-state index contributed by atoms with van der Waals surface area (Å²) in [6.45, 7) is 6.30. The topological polar surface area (TPSA) is 36.7 Å². The summed E-state index contributed by atoms with van der Waals surface area (Å²) in [5, 5.41) is 10.2. The molecule has 0 bridgehead atoms. The van der Waals surface area contributed by atoms with Crippen molar-refractivity contribution in [2.45, 2.75) is 33.1 Å². The van der Waals surface area contributed by atoms with Crippen LogP contribution in [0.5, 0.6) is 0 Å². The molecule has 1 heterocycles. The third-order valence-electron chi connectivity index (χ3n) is 3.01. The molecule has 0 radical (unpaired) electrons. The van der Waals surface area contributed by atoms with Gasteiger partial charge in [-0.15, -0.1) is 0 Å². The Labute approximate surface area is 102 Å². The van der Waals surface area contributed by atoms with E-state index in [9.17, 15) is 5.26 Å². The highest BCUT2D eigenvalue weighted by Gasteiger charge is 2.08. The van der Waals surface area contributed by atoms with Crippen LogP contribution in [0.1, 0.15) is 43.5 Å². The minimum absolute atomic E-state index is 0.345. The standard InChI is InChI=1S/C15H16N2/c1-4-11-5-6-14-13(7-11)12(9-16)8-15(17-14)10(2)3/h5-8,10H,4H2,1-3H3. The van der Waals surface area contributed by atoms with E-state index in [1.165, 1.54) is 5.56 Å². The van der Waals surface area contributed by atoms with Crippen molar-refractivity contribution in [3.8, 4) is 6.07 Å². The molecule has 0 amide bonds. The van der Waals surface area contributed by atoms with Gasteiger partial charge < -0.3 is 0 Å². The maximum atomic E-state index is 9.23. The minimum Gasteiger partial charge on any atom is -0.252 e. The molecule has 0 aliphatic carbocycles. The monoisotopic (exact) mass is 224 g/mol. The summed E-state index contributed by atoms with van der Waals surface area (Å²) in [5.41, 5.74) is 3.88. The number of benzene rings is 1. The Morgan fingerprint density at radius 2 is 2.06 bits per heavy atom. The number of nitriles is 1. The summed E-state index contributed by atoms with van der Waals surface area (Å²) < 4.78 is 0. The highest BCUT2D eigenvalue weighted by atomic mass is 14.7. The molecule has 0 N–H and O–H groups in total. The third kappa shape index (κ3) is 2.14. The summed E-state index contributed by atoms with van der Waals surface area (Å²) >= 11 is 0. The molecule has 86 valence electrons. The van der Waals surface area contributed by atoms with Crippen molar-refractivity contribution in [2.24, 2.45) is 0 Å². The van der Waals surface area contributed by atoms with E-state index in [1.807, 2.05) is 12.1 Å². The van der Waals surface area contributed by atoms with E-state index in [1.54, 1.807) is 0 Å². The van der Waals surface area contributed by atoms with Gasteiger partial charge in [-0.25, -0.2) is 0 Å². The predicted octanol–water partition coefficient (Wildman–Crippen LogP) is 3.79. The van der Waals surface area contributed by atoms with Crippen LogP contribution in [0.25, 0.3) is 10.9 Å². The number of nitrogens with zero attached hydrogens (tertiary/aromatic N) is 2. The molecule has 1 aromatic carbocycles. The molecule has 0 aliphatic rings. The number of aromatic nitrogens is 1. The SMILES string of the molecule is CCc1ccc2nc(C(C)C)cc(C#N)c2c1. The average Bonchev–Trinajstić information content (AvgIpc) is 2.36. The molecule has 2 heteroatoms. The van der Waals surface area contributed by atoms with E-state index in [2.05, 4.69) is 44.0 Å². The second-order valence-corrected chi connectivity index (χ2v) is 4.57.